The van der Waals surface area contributed by atoms with E-state index in [1.165, 1.54) is 0 Å². The van der Waals surface area contributed by atoms with E-state index in [1.807, 2.05) is 66.7 Å². The molecule has 3 N–H and O–H groups in total. The molecule has 2 unspecified atom stereocenters. The number of benzene rings is 2. The summed E-state index contributed by atoms with van der Waals surface area (Å²) >= 11 is 1.61. The molecule has 2 aliphatic rings. The van der Waals surface area contributed by atoms with Crippen molar-refractivity contribution in [1.82, 2.24) is 15.0 Å². The molecule has 2 aliphatic heterocycles. The second-order valence-corrected chi connectivity index (χ2v) is 10.8. The van der Waals surface area contributed by atoms with Crippen molar-refractivity contribution in [3.63, 3.8) is 0 Å². The quantitative estimate of drug-likeness (QED) is 0.217. The number of aliphatic hydroxyl groups excluding tert-OH is 2. The third kappa shape index (κ3) is 4.30. The van der Waals surface area contributed by atoms with Crippen LogP contribution in [0, 0.1) is 0 Å². The second kappa shape index (κ2) is 9.88. The highest BCUT2D eigenvalue weighted by Crippen LogP contribution is 2.43. The summed E-state index contributed by atoms with van der Waals surface area (Å²) in [4.78, 5) is 13.1. The van der Waals surface area contributed by atoms with E-state index in [2.05, 4.69) is 35.3 Å². The molecule has 0 spiro atoms. The minimum absolute atomic E-state index is 0.399. The number of thiophene rings is 1. The van der Waals surface area contributed by atoms with E-state index < -0.39 is 12.2 Å². The van der Waals surface area contributed by atoms with Crippen LogP contribution in [0.3, 0.4) is 0 Å². The minimum atomic E-state index is -1.18. The molecule has 196 valence electrons. The Morgan fingerprint density at radius 2 is 1.43 bits per heavy atom. The number of hydrogen-bond donors (Lipinski definition) is 3. The van der Waals surface area contributed by atoms with Crippen molar-refractivity contribution in [1.29, 1.82) is 0 Å². The van der Waals surface area contributed by atoms with Gasteiger partial charge in [0.05, 0.1) is 29.9 Å². The van der Waals surface area contributed by atoms with E-state index in [4.69, 9.17) is 14.7 Å². The molecule has 0 radical (unpaired) electrons. The highest BCUT2D eigenvalue weighted by atomic mass is 32.1. The Hall–Kier alpha value is -4.56. The number of nitrogens with zero attached hydrogens (tertiary/aromatic N) is 2. The minimum Gasteiger partial charge on any atom is -0.497 e. The Labute approximate surface area is 234 Å². The van der Waals surface area contributed by atoms with Crippen molar-refractivity contribution in [2.75, 3.05) is 7.11 Å². The Morgan fingerprint density at radius 3 is 2.17 bits per heavy atom. The molecule has 40 heavy (non-hydrogen) atoms. The van der Waals surface area contributed by atoms with Gasteiger partial charge in [0.15, 0.2) is 0 Å². The topological polar surface area (TPSA) is 91.3 Å². The van der Waals surface area contributed by atoms with Crippen LogP contribution in [0.4, 0.5) is 0 Å². The van der Waals surface area contributed by atoms with E-state index in [-0.39, 0.29) is 0 Å². The van der Waals surface area contributed by atoms with Crippen LogP contribution >= 0.6 is 11.3 Å². The number of nitrogens with one attached hydrogen (secondary N) is 1. The van der Waals surface area contributed by atoms with Crippen molar-refractivity contribution in [3.05, 3.63) is 114 Å². The fraction of sp³-hybridized carbons (Fsp3) is 0.0909. The van der Waals surface area contributed by atoms with E-state index in [0.29, 0.717) is 11.4 Å². The summed E-state index contributed by atoms with van der Waals surface area (Å²) in [6.45, 7) is 0. The lowest BCUT2D eigenvalue weighted by Gasteiger charge is -2.11. The van der Waals surface area contributed by atoms with Crippen molar-refractivity contribution in [2.24, 2.45) is 0 Å². The number of hydrogen-bond acceptors (Lipinski definition) is 6. The van der Waals surface area contributed by atoms with Gasteiger partial charge in [0.1, 0.15) is 18.0 Å². The molecule has 0 amide bonds. The van der Waals surface area contributed by atoms with E-state index in [1.54, 1.807) is 24.5 Å². The first-order valence-electron chi connectivity index (χ1n) is 13.0. The highest BCUT2D eigenvalue weighted by molar-refractivity contribution is 7.24. The Bertz CT molecular complexity index is 1920. The average molecular weight is 544 g/mol. The zero-order valence-corrected chi connectivity index (χ0v) is 22.4. The summed E-state index contributed by atoms with van der Waals surface area (Å²) in [5.74, 6) is 0.732. The SMILES string of the molecule is COc1ccc(-c2c3nc(cc4ccc(cc5nc(c(-c6ccccc6)c6ccc2s6)C=C5)[nH]4)C(O)C3O)cc1. The summed E-state index contributed by atoms with van der Waals surface area (Å²) < 4.78 is 7.34. The monoisotopic (exact) mass is 543 g/mol. The second-order valence-electron chi connectivity index (χ2n) is 9.73. The van der Waals surface area contributed by atoms with E-state index in [0.717, 1.165) is 59.8 Å². The number of fused-ring (bicyclic) bond motifs is 8. The number of methoxy groups -OCH3 is 1. The van der Waals surface area contributed by atoms with Gasteiger partial charge < -0.3 is 19.9 Å². The molecule has 2 atom stereocenters. The summed E-state index contributed by atoms with van der Waals surface area (Å²) in [6, 6.07) is 29.7. The predicted molar refractivity (Wildman–Crippen MR) is 161 cm³/mol. The molecule has 0 fully saturated rings. The Kier molecular flexibility index (Phi) is 6.04. The summed E-state index contributed by atoms with van der Waals surface area (Å²) in [7, 11) is 1.63. The van der Waals surface area contributed by atoms with Crippen LogP contribution in [0.25, 0.3) is 54.8 Å². The average Bonchev–Trinajstić information content (AvgIpc) is 3.78. The first-order chi connectivity index (χ1) is 19.6. The maximum absolute atomic E-state index is 11.3. The van der Waals surface area contributed by atoms with Gasteiger partial charge in [-0.25, -0.2) is 4.98 Å². The number of aromatic amines is 1. The zero-order chi connectivity index (χ0) is 27.2. The number of aromatic nitrogens is 3. The van der Waals surface area contributed by atoms with Crippen molar-refractivity contribution >= 4 is 43.9 Å². The third-order valence-electron chi connectivity index (χ3n) is 7.18. The molecule has 0 saturated heterocycles. The van der Waals surface area contributed by atoms with Gasteiger partial charge in [-0.3, -0.25) is 4.98 Å². The number of H-pyrrole nitrogens is 1. The summed E-state index contributed by atoms with van der Waals surface area (Å²) in [5.41, 5.74) is 7.94. The van der Waals surface area contributed by atoms with Crippen LogP contribution in [0.5, 0.6) is 5.75 Å². The third-order valence-corrected chi connectivity index (χ3v) is 8.30. The molecule has 5 aromatic rings. The molecule has 0 saturated carbocycles. The standard InChI is InChI=1S/C33H25N3O3S/c1-39-24-12-7-20(8-13-24)30-28-16-15-27(40-28)29(19-5-3-2-4-6-19)25-14-11-22(35-25)17-21-9-10-23(34-21)18-26-32(37)33(38)31(30)36-26/h2-18,32-34,37-38H,1H3. The molecule has 7 rings (SSSR count). The molecule has 8 bridgehead atoms. The lowest BCUT2D eigenvalue weighted by atomic mass is 10.0. The zero-order valence-electron chi connectivity index (χ0n) is 21.6. The normalized spacial score (nSPS) is 16.3. The maximum atomic E-state index is 11.3. The first kappa shape index (κ1) is 24.5. The van der Waals surface area contributed by atoms with Gasteiger partial charge in [0, 0.05) is 31.6 Å². The summed E-state index contributed by atoms with van der Waals surface area (Å²) in [6.07, 6.45) is 1.74. The summed E-state index contributed by atoms with van der Waals surface area (Å²) in [5, 5.41) is 22.3. The fourth-order valence-electron chi connectivity index (χ4n) is 5.22. The lowest BCUT2D eigenvalue weighted by Crippen LogP contribution is -2.04. The molecule has 7 heteroatoms. The van der Waals surface area contributed by atoms with Gasteiger partial charge in [-0.15, -0.1) is 11.3 Å². The number of rotatable bonds is 3. The number of aliphatic hydroxyl groups is 2. The smallest absolute Gasteiger partial charge is 0.128 e. The van der Waals surface area contributed by atoms with E-state index >= 15 is 0 Å². The van der Waals surface area contributed by atoms with Crippen LogP contribution in [0.2, 0.25) is 0 Å². The van der Waals surface area contributed by atoms with Gasteiger partial charge in [-0.05, 0) is 71.8 Å². The maximum Gasteiger partial charge on any atom is 0.128 e. The van der Waals surface area contributed by atoms with E-state index in [9.17, 15) is 10.2 Å². The van der Waals surface area contributed by atoms with Crippen LogP contribution in [0.1, 0.15) is 35.0 Å². The lowest BCUT2D eigenvalue weighted by molar-refractivity contribution is 0.0257. The molecular formula is C33H25N3O3S. The highest BCUT2D eigenvalue weighted by Gasteiger charge is 2.31. The Balaban J connectivity index is 1.63. The largest absolute Gasteiger partial charge is 0.497 e. The van der Waals surface area contributed by atoms with Crippen LogP contribution in [0.15, 0.2) is 91.0 Å². The molecule has 6 nitrogen and oxygen atoms in total. The molecule has 5 heterocycles. The van der Waals surface area contributed by atoms with Gasteiger partial charge in [0.25, 0.3) is 0 Å². The first-order valence-corrected chi connectivity index (χ1v) is 13.8. The molecule has 2 aromatic carbocycles. The van der Waals surface area contributed by atoms with Crippen molar-refractivity contribution in [3.8, 4) is 28.0 Å². The van der Waals surface area contributed by atoms with Gasteiger partial charge in [0.2, 0.25) is 0 Å². The van der Waals surface area contributed by atoms with Crippen LogP contribution < -0.4 is 4.74 Å². The van der Waals surface area contributed by atoms with Gasteiger partial charge in [-0.1, -0.05) is 42.5 Å². The van der Waals surface area contributed by atoms with Gasteiger partial charge >= 0.3 is 0 Å². The van der Waals surface area contributed by atoms with Crippen LogP contribution in [-0.4, -0.2) is 32.3 Å². The molecule has 0 aliphatic carbocycles. The van der Waals surface area contributed by atoms with Gasteiger partial charge in [-0.2, -0.15) is 0 Å². The fourth-order valence-corrected chi connectivity index (χ4v) is 6.38. The van der Waals surface area contributed by atoms with Crippen molar-refractivity contribution in [2.45, 2.75) is 12.2 Å². The number of ether oxygens (including phenoxy) is 1. The Morgan fingerprint density at radius 1 is 0.725 bits per heavy atom. The van der Waals surface area contributed by atoms with Crippen LogP contribution in [-0.2, 0) is 0 Å². The van der Waals surface area contributed by atoms with Crippen molar-refractivity contribution < 1.29 is 14.9 Å². The molecule has 3 aromatic heterocycles. The predicted octanol–water partition coefficient (Wildman–Crippen LogP) is 7.33. The molecular weight excluding hydrogens is 518 g/mol.